The standard InChI is InChI=1S/C12H11N3O3/c1-18-11-6-5-9(10(8-16)12(11)17)4-2-3-7-14-15-13/h5-6,8,17H,3,7H2,1H3. The van der Waals surface area contributed by atoms with E-state index in [-0.39, 0.29) is 23.6 Å². The van der Waals surface area contributed by atoms with E-state index < -0.39 is 0 Å². The Morgan fingerprint density at radius 1 is 1.61 bits per heavy atom. The maximum atomic E-state index is 10.9. The predicted molar refractivity (Wildman–Crippen MR) is 65.6 cm³/mol. The van der Waals surface area contributed by atoms with Crippen molar-refractivity contribution in [2.45, 2.75) is 6.42 Å². The van der Waals surface area contributed by atoms with Gasteiger partial charge in [-0.2, -0.15) is 0 Å². The lowest BCUT2D eigenvalue weighted by Gasteiger charge is -2.06. The molecule has 0 radical (unpaired) electrons. The van der Waals surface area contributed by atoms with Crippen LogP contribution < -0.4 is 4.74 Å². The Balaban J connectivity index is 2.99. The molecule has 0 saturated heterocycles. The van der Waals surface area contributed by atoms with Crippen LogP contribution in [0.1, 0.15) is 22.3 Å². The molecular weight excluding hydrogens is 234 g/mol. The summed E-state index contributed by atoms with van der Waals surface area (Å²) < 4.78 is 4.89. The van der Waals surface area contributed by atoms with Gasteiger partial charge in [-0.05, 0) is 17.7 Å². The summed E-state index contributed by atoms with van der Waals surface area (Å²) in [7, 11) is 1.40. The van der Waals surface area contributed by atoms with Gasteiger partial charge in [0.05, 0.1) is 12.7 Å². The van der Waals surface area contributed by atoms with Crippen LogP contribution in [0, 0.1) is 11.8 Å². The number of carbonyl (C=O) groups is 1. The molecule has 6 heteroatoms. The third kappa shape index (κ3) is 3.17. The predicted octanol–water partition coefficient (Wildman–Crippen LogP) is 2.27. The first kappa shape index (κ1) is 13.4. The van der Waals surface area contributed by atoms with Crippen molar-refractivity contribution in [2.75, 3.05) is 13.7 Å². The number of aromatic hydroxyl groups is 1. The summed E-state index contributed by atoms with van der Waals surface area (Å²) >= 11 is 0. The molecule has 0 saturated carbocycles. The second kappa shape index (κ2) is 6.84. The van der Waals surface area contributed by atoms with Crippen LogP contribution in [0.25, 0.3) is 10.4 Å². The maximum Gasteiger partial charge on any atom is 0.169 e. The Kier molecular flexibility index (Phi) is 5.10. The summed E-state index contributed by atoms with van der Waals surface area (Å²) in [5.41, 5.74) is 8.57. The van der Waals surface area contributed by atoms with Crippen LogP contribution in [0.4, 0.5) is 0 Å². The average Bonchev–Trinajstić information content (AvgIpc) is 2.39. The summed E-state index contributed by atoms with van der Waals surface area (Å²) in [6.45, 7) is 0.266. The van der Waals surface area contributed by atoms with E-state index in [0.717, 1.165) is 0 Å². The van der Waals surface area contributed by atoms with E-state index in [4.69, 9.17) is 10.3 Å². The molecule has 18 heavy (non-hydrogen) atoms. The normalized spacial score (nSPS) is 8.72. The summed E-state index contributed by atoms with van der Waals surface area (Å²) in [5, 5.41) is 13.0. The van der Waals surface area contributed by atoms with E-state index in [1.165, 1.54) is 13.2 Å². The van der Waals surface area contributed by atoms with Crippen molar-refractivity contribution < 1.29 is 14.6 Å². The first-order valence-corrected chi connectivity index (χ1v) is 5.09. The van der Waals surface area contributed by atoms with Gasteiger partial charge in [0.1, 0.15) is 0 Å². The van der Waals surface area contributed by atoms with Crippen LogP contribution in [-0.2, 0) is 0 Å². The Bertz CT molecular complexity index is 552. The minimum atomic E-state index is -0.227. The summed E-state index contributed by atoms with van der Waals surface area (Å²) in [6.07, 6.45) is 0.907. The molecule has 0 aromatic heterocycles. The molecule has 0 atom stereocenters. The van der Waals surface area contributed by atoms with Crippen LogP contribution >= 0.6 is 0 Å². The minimum absolute atomic E-state index is 0.0886. The number of hydrogen-bond acceptors (Lipinski definition) is 4. The summed E-state index contributed by atoms with van der Waals surface area (Å²) in [4.78, 5) is 13.5. The van der Waals surface area contributed by atoms with Crippen LogP contribution in [0.15, 0.2) is 17.2 Å². The highest BCUT2D eigenvalue weighted by molar-refractivity contribution is 5.85. The van der Waals surface area contributed by atoms with Crippen LogP contribution in [-0.4, -0.2) is 25.0 Å². The SMILES string of the molecule is COc1ccc(C#CCCN=[N+]=[N-])c(C=O)c1O. The zero-order valence-electron chi connectivity index (χ0n) is 9.75. The fourth-order valence-corrected chi connectivity index (χ4v) is 1.29. The maximum absolute atomic E-state index is 10.9. The van der Waals surface area contributed by atoms with E-state index in [0.29, 0.717) is 18.3 Å². The number of benzene rings is 1. The van der Waals surface area contributed by atoms with Gasteiger partial charge in [0.2, 0.25) is 0 Å². The molecule has 1 rings (SSSR count). The summed E-state index contributed by atoms with van der Waals surface area (Å²) in [6, 6.07) is 3.11. The molecule has 0 bridgehead atoms. The Morgan fingerprint density at radius 3 is 3.00 bits per heavy atom. The molecule has 6 nitrogen and oxygen atoms in total. The topological polar surface area (TPSA) is 95.3 Å². The largest absolute Gasteiger partial charge is 0.504 e. The quantitative estimate of drug-likeness (QED) is 0.220. The van der Waals surface area contributed by atoms with Gasteiger partial charge in [-0.1, -0.05) is 17.0 Å². The van der Waals surface area contributed by atoms with Crippen LogP contribution in [0.2, 0.25) is 0 Å². The van der Waals surface area contributed by atoms with E-state index in [9.17, 15) is 9.90 Å². The number of hydrogen-bond donors (Lipinski definition) is 1. The molecule has 0 fully saturated rings. The average molecular weight is 245 g/mol. The molecular formula is C12H11N3O3. The number of phenolic OH excluding ortho intramolecular Hbond substituents is 1. The first-order valence-electron chi connectivity index (χ1n) is 5.09. The second-order valence-corrected chi connectivity index (χ2v) is 3.20. The number of rotatable bonds is 4. The highest BCUT2D eigenvalue weighted by atomic mass is 16.5. The smallest absolute Gasteiger partial charge is 0.169 e. The molecule has 0 unspecified atom stereocenters. The lowest BCUT2D eigenvalue weighted by molar-refractivity contribution is 0.112. The lowest BCUT2D eigenvalue weighted by Crippen LogP contribution is -1.92. The van der Waals surface area contributed by atoms with Crippen molar-refractivity contribution in [3.8, 4) is 23.3 Å². The van der Waals surface area contributed by atoms with Crippen molar-refractivity contribution in [3.63, 3.8) is 0 Å². The molecule has 0 spiro atoms. The van der Waals surface area contributed by atoms with Gasteiger partial charge in [-0.3, -0.25) is 4.79 Å². The van der Waals surface area contributed by atoms with Crippen LogP contribution in [0.5, 0.6) is 11.5 Å². The molecule has 0 aliphatic heterocycles. The summed E-state index contributed by atoms with van der Waals surface area (Å²) in [5.74, 6) is 5.48. The third-order valence-corrected chi connectivity index (χ3v) is 2.14. The number of carbonyl (C=O) groups excluding carboxylic acids is 1. The monoisotopic (exact) mass is 245 g/mol. The third-order valence-electron chi connectivity index (χ3n) is 2.14. The van der Waals surface area contributed by atoms with Gasteiger partial charge < -0.3 is 9.84 Å². The van der Waals surface area contributed by atoms with Gasteiger partial charge in [0.25, 0.3) is 0 Å². The van der Waals surface area contributed by atoms with Crippen molar-refractivity contribution in [1.82, 2.24) is 0 Å². The van der Waals surface area contributed by atoms with E-state index in [2.05, 4.69) is 21.9 Å². The van der Waals surface area contributed by atoms with Crippen molar-refractivity contribution in [1.29, 1.82) is 0 Å². The number of azide groups is 1. The number of phenols is 1. The number of ether oxygens (including phenoxy) is 1. The molecule has 0 aliphatic rings. The fourth-order valence-electron chi connectivity index (χ4n) is 1.29. The number of nitrogens with zero attached hydrogens (tertiary/aromatic N) is 3. The van der Waals surface area contributed by atoms with E-state index >= 15 is 0 Å². The van der Waals surface area contributed by atoms with Gasteiger partial charge >= 0.3 is 0 Å². The molecule has 92 valence electrons. The molecule has 1 aromatic rings. The fraction of sp³-hybridized carbons (Fsp3) is 0.250. The van der Waals surface area contributed by atoms with Crippen molar-refractivity contribution in [2.24, 2.45) is 5.11 Å². The first-order chi connectivity index (χ1) is 8.74. The Labute approximate surface area is 104 Å². The Hall–Kier alpha value is -2.64. The second-order valence-electron chi connectivity index (χ2n) is 3.20. The van der Waals surface area contributed by atoms with E-state index in [1.807, 2.05) is 0 Å². The van der Waals surface area contributed by atoms with Gasteiger partial charge in [0, 0.05) is 23.4 Å². The van der Waals surface area contributed by atoms with Crippen molar-refractivity contribution >= 4 is 6.29 Å². The highest BCUT2D eigenvalue weighted by Gasteiger charge is 2.10. The lowest BCUT2D eigenvalue weighted by atomic mass is 10.1. The molecule has 0 amide bonds. The molecule has 0 heterocycles. The van der Waals surface area contributed by atoms with E-state index in [1.54, 1.807) is 6.07 Å². The minimum Gasteiger partial charge on any atom is -0.504 e. The zero-order chi connectivity index (χ0) is 13.4. The zero-order valence-corrected chi connectivity index (χ0v) is 9.75. The molecule has 0 aliphatic carbocycles. The Morgan fingerprint density at radius 2 is 2.39 bits per heavy atom. The number of aldehydes is 1. The number of methoxy groups -OCH3 is 1. The molecule has 1 N–H and O–H groups in total. The van der Waals surface area contributed by atoms with Gasteiger partial charge in [-0.25, -0.2) is 0 Å². The van der Waals surface area contributed by atoms with Crippen LogP contribution in [0.3, 0.4) is 0 Å². The van der Waals surface area contributed by atoms with Gasteiger partial charge in [-0.15, -0.1) is 0 Å². The van der Waals surface area contributed by atoms with Gasteiger partial charge in [0.15, 0.2) is 17.8 Å². The highest BCUT2D eigenvalue weighted by Crippen LogP contribution is 2.30. The molecule has 1 aromatic carbocycles. The van der Waals surface area contributed by atoms with Crippen molar-refractivity contribution in [3.05, 3.63) is 33.7 Å².